The zero-order chi connectivity index (χ0) is 17.2. The van der Waals surface area contributed by atoms with Crippen molar-refractivity contribution in [2.45, 2.75) is 31.9 Å². The summed E-state index contributed by atoms with van der Waals surface area (Å²) in [6.07, 6.45) is -0.262. The molecule has 0 atom stereocenters. The Morgan fingerprint density at radius 2 is 1.71 bits per heavy atom. The Hall–Kier alpha value is -2.24. The van der Waals surface area contributed by atoms with E-state index in [1.807, 2.05) is 0 Å². The zero-order valence-electron chi connectivity index (χ0n) is 13.1. The molecule has 2 heterocycles. The van der Waals surface area contributed by atoms with Crippen LogP contribution < -0.4 is 0 Å². The lowest BCUT2D eigenvalue weighted by atomic mass is 10.1. The van der Waals surface area contributed by atoms with Crippen molar-refractivity contribution in [3.05, 3.63) is 47.7 Å². The van der Waals surface area contributed by atoms with Crippen molar-refractivity contribution in [3.63, 3.8) is 0 Å². The van der Waals surface area contributed by atoms with Crippen LogP contribution in [0.25, 0.3) is 11.3 Å². The first-order valence-corrected chi connectivity index (χ1v) is 8.02. The summed E-state index contributed by atoms with van der Waals surface area (Å²) < 4.78 is 44.0. The Labute approximate surface area is 138 Å². The summed E-state index contributed by atoms with van der Waals surface area (Å²) in [6, 6.07) is 7.98. The smallest absolute Gasteiger partial charge is 0.416 e. The summed E-state index contributed by atoms with van der Waals surface area (Å²) in [5.74, 6) is 0.235. The normalized spacial score (nSPS) is 16.0. The molecule has 1 aromatic heterocycles. The van der Waals surface area contributed by atoms with Gasteiger partial charge in [0.15, 0.2) is 5.76 Å². The lowest BCUT2D eigenvalue weighted by molar-refractivity contribution is -0.137. The molecule has 3 nitrogen and oxygen atoms in total. The fourth-order valence-corrected chi connectivity index (χ4v) is 2.89. The number of furan rings is 1. The summed E-state index contributed by atoms with van der Waals surface area (Å²) >= 11 is 0. The maximum Gasteiger partial charge on any atom is 0.416 e. The maximum absolute atomic E-state index is 12.8. The number of carbonyl (C=O) groups is 1. The van der Waals surface area contributed by atoms with E-state index in [4.69, 9.17) is 4.42 Å². The van der Waals surface area contributed by atoms with Crippen LogP contribution in [0, 0.1) is 0 Å². The predicted molar refractivity (Wildman–Crippen MR) is 83.5 cm³/mol. The zero-order valence-corrected chi connectivity index (χ0v) is 13.1. The van der Waals surface area contributed by atoms with Crippen molar-refractivity contribution in [1.29, 1.82) is 0 Å². The van der Waals surface area contributed by atoms with Gasteiger partial charge in [0.2, 0.25) is 0 Å². The van der Waals surface area contributed by atoms with Gasteiger partial charge in [-0.15, -0.1) is 0 Å². The van der Waals surface area contributed by atoms with Crippen LogP contribution in [0.15, 0.2) is 40.8 Å². The van der Waals surface area contributed by atoms with Crippen LogP contribution in [-0.2, 0) is 6.18 Å². The molecule has 0 aliphatic carbocycles. The molecule has 0 spiro atoms. The molecule has 0 bridgehead atoms. The second-order valence-electron chi connectivity index (χ2n) is 5.95. The highest BCUT2D eigenvalue weighted by Gasteiger charge is 2.30. The van der Waals surface area contributed by atoms with E-state index in [9.17, 15) is 18.0 Å². The maximum atomic E-state index is 12.8. The minimum absolute atomic E-state index is 0.171. The van der Waals surface area contributed by atoms with Gasteiger partial charge < -0.3 is 9.32 Å². The van der Waals surface area contributed by atoms with Gasteiger partial charge >= 0.3 is 6.18 Å². The van der Waals surface area contributed by atoms with Crippen molar-refractivity contribution >= 4 is 5.91 Å². The molecular weight excluding hydrogens is 319 g/mol. The fourth-order valence-electron chi connectivity index (χ4n) is 2.89. The van der Waals surface area contributed by atoms with Crippen molar-refractivity contribution in [3.8, 4) is 11.3 Å². The Balaban J connectivity index is 1.81. The summed E-state index contributed by atoms with van der Waals surface area (Å²) in [6.45, 7) is 1.39. The molecule has 6 heteroatoms. The minimum atomic E-state index is -4.41. The molecule has 1 aliphatic heterocycles. The molecule has 3 rings (SSSR count). The predicted octanol–water partition coefficient (Wildman–Crippen LogP) is 4.98. The second kappa shape index (κ2) is 6.71. The molecule has 1 aliphatic rings. The quantitative estimate of drug-likeness (QED) is 0.774. The molecule has 0 N–H and O–H groups in total. The molecule has 1 saturated heterocycles. The molecule has 24 heavy (non-hydrogen) atoms. The third-order valence-electron chi connectivity index (χ3n) is 4.18. The summed E-state index contributed by atoms with van der Waals surface area (Å²) in [5.41, 5.74) is -0.434. The van der Waals surface area contributed by atoms with Crippen LogP contribution in [-0.4, -0.2) is 23.9 Å². The number of alkyl halides is 3. The van der Waals surface area contributed by atoms with E-state index in [1.165, 1.54) is 18.2 Å². The number of nitrogens with zero attached hydrogens (tertiary/aromatic N) is 1. The summed E-state index contributed by atoms with van der Waals surface area (Å²) in [5, 5.41) is 0. The van der Waals surface area contributed by atoms with E-state index in [0.29, 0.717) is 18.7 Å². The van der Waals surface area contributed by atoms with E-state index in [-0.39, 0.29) is 17.4 Å². The Morgan fingerprint density at radius 3 is 2.38 bits per heavy atom. The Morgan fingerprint density at radius 1 is 1.00 bits per heavy atom. The monoisotopic (exact) mass is 337 g/mol. The van der Waals surface area contributed by atoms with Crippen molar-refractivity contribution in [1.82, 2.24) is 4.90 Å². The molecule has 2 aromatic rings. The third-order valence-corrected chi connectivity index (χ3v) is 4.18. The first-order valence-electron chi connectivity index (χ1n) is 8.02. The third kappa shape index (κ3) is 3.63. The highest BCUT2D eigenvalue weighted by Crippen LogP contribution is 2.32. The van der Waals surface area contributed by atoms with Gasteiger partial charge in [-0.1, -0.05) is 25.0 Å². The van der Waals surface area contributed by atoms with Crippen LogP contribution in [0.3, 0.4) is 0 Å². The lowest BCUT2D eigenvalue weighted by Gasteiger charge is -2.18. The Kier molecular flexibility index (Phi) is 4.64. The van der Waals surface area contributed by atoms with Gasteiger partial charge in [0, 0.05) is 18.7 Å². The highest BCUT2D eigenvalue weighted by molar-refractivity contribution is 5.92. The minimum Gasteiger partial charge on any atom is -0.451 e. The number of amides is 1. The van der Waals surface area contributed by atoms with Crippen molar-refractivity contribution in [2.24, 2.45) is 0 Å². The Bertz CT molecular complexity index is 713. The van der Waals surface area contributed by atoms with Crippen LogP contribution in [0.2, 0.25) is 0 Å². The molecule has 0 unspecified atom stereocenters. The average Bonchev–Trinajstić information content (AvgIpc) is 2.89. The molecule has 0 saturated carbocycles. The van der Waals surface area contributed by atoms with E-state index in [2.05, 4.69) is 0 Å². The molecule has 1 amide bonds. The number of likely N-dealkylation sites (tertiary alicyclic amines) is 1. The van der Waals surface area contributed by atoms with E-state index < -0.39 is 11.7 Å². The number of carbonyl (C=O) groups excluding carboxylic acids is 1. The highest BCUT2D eigenvalue weighted by atomic mass is 19.4. The van der Waals surface area contributed by atoms with Gasteiger partial charge in [-0.25, -0.2) is 0 Å². The van der Waals surface area contributed by atoms with Gasteiger partial charge in [0.25, 0.3) is 5.91 Å². The van der Waals surface area contributed by atoms with Gasteiger partial charge in [0.1, 0.15) is 5.76 Å². The largest absolute Gasteiger partial charge is 0.451 e. The summed E-state index contributed by atoms with van der Waals surface area (Å²) in [4.78, 5) is 14.2. The van der Waals surface area contributed by atoms with Crippen molar-refractivity contribution < 1.29 is 22.4 Å². The van der Waals surface area contributed by atoms with Crippen LogP contribution in [0.5, 0.6) is 0 Å². The summed E-state index contributed by atoms with van der Waals surface area (Å²) in [7, 11) is 0. The SMILES string of the molecule is O=C(c1ccc(-c2cccc(C(F)(F)F)c2)o1)N1CCCCCC1. The van der Waals surface area contributed by atoms with Gasteiger partial charge in [-0.05, 0) is 37.1 Å². The topological polar surface area (TPSA) is 33.5 Å². The number of rotatable bonds is 2. The number of benzene rings is 1. The number of hydrogen-bond donors (Lipinski definition) is 0. The van der Waals surface area contributed by atoms with Crippen LogP contribution in [0.1, 0.15) is 41.8 Å². The van der Waals surface area contributed by atoms with Gasteiger partial charge in [-0.2, -0.15) is 13.2 Å². The molecular formula is C18H18F3NO2. The second-order valence-corrected chi connectivity index (χ2v) is 5.95. The standard InChI is InChI=1S/C18H18F3NO2/c19-18(20,21)14-7-5-6-13(12-14)15-8-9-16(24-15)17(23)22-10-3-1-2-4-11-22/h5-9,12H,1-4,10-11H2. The van der Waals surface area contributed by atoms with E-state index in [0.717, 1.165) is 37.8 Å². The van der Waals surface area contributed by atoms with Crippen molar-refractivity contribution in [2.75, 3.05) is 13.1 Å². The van der Waals surface area contributed by atoms with Gasteiger partial charge in [-0.3, -0.25) is 4.79 Å². The fraction of sp³-hybridized carbons (Fsp3) is 0.389. The molecule has 1 fully saturated rings. The average molecular weight is 337 g/mol. The molecule has 128 valence electrons. The molecule has 1 aromatic carbocycles. The molecule has 0 radical (unpaired) electrons. The first kappa shape index (κ1) is 16.6. The number of halogens is 3. The van der Waals surface area contributed by atoms with E-state index >= 15 is 0 Å². The number of hydrogen-bond acceptors (Lipinski definition) is 2. The first-order chi connectivity index (χ1) is 11.4. The van der Waals surface area contributed by atoms with E-state index in [1.54, 1.807) is 11.0 Å². The lowest BCUT2D eigenvalue weighted by Crippen LogP contribution is -2.31. The van der Waals surface area contributed by atoms with Crippen LogP contribution >= 0.6 is 0 Å². The van der Waals surface area contributed by atoms with Crippen LogP contribution in [0.4, 0.5) is 13.2 Å². The van der Waals surface area contributed by atoms with Gasteiger partial charge in [0.05, 0.1) is 5.56 Å².